The van der Waals surface area contributed by atoms with Gasteiger partial charge >= 0.3 is 5.97 Å². The van der Waals surface area contributed by atoms with E-state index in [9.17, 15) is 14.7 Å². The molecular weight excluding hydrogens is 410 g/mol. The van der Waals surface area contributed by atoms with Gasteiger partial charge in [-0.1, -0.05) is 11.6 Å². The van der Waals surface area contributed by atoms with Crippen LogP contribution in [0, 0.1) is 13.8 Å². The Morgan fingerprint density at radius 3 is 2.70 bits per heavy atom. The van der Waals surface area contributed by atoms with Crippen LogP contribution in [0.5, 0.6) is 0 Å². The highest BCUT2D eigenvalue weighted by molar-refractivity contribution is 6.41. The molecule has 0 saturated carbocycles. The van der Waals surface area contributed by atoms with Crippen LogP contribution in [0.3, 0.4) is 0 Å². The van der Waals surface area contributed by atoms with Crippen molar-refractivity contribution >= 4 is 46.9 Å². The molecule has 1 aliphatic heterocycles. The SMILES string of the molecule is Cc1c(C(=O)O)c[nH]c1/C=C1/C(=O)N(Cc2cnn(C)c2C)c2nc(N)nc(Cl)c21. The van der Waals surface area contributed by atoms with E-state index in [-0.39, 0.29) is 34.7 Å². The maximum atomic E-state index is 13.3. The van der Waals surface area contributed by atoms with Gasteiger partial charge in [-0.15, -0.1) is 0 Å². The molecule has 4 rings (SSSR count). The number of hydrogen-bond acceptors (Lipinski definition) is 6. The molecule has 4 N–H and O–H groups in total. The fourth-order valence-electron chi connectivity index (χ4n) is 3.39. The lowest BCUT2D eigenvalue weighted by Gasteiger charge is -2.16. The standard InChI is InChI=1S/C19H18ClN7O3/c1-8-12(18(29)30)6-22-13(8)4-11-14-15(20)24-19(21)25-16(14)27(17(11)28)7-10-5-23-26(3)9(10)2/h4-6,22H,7H2,1-3H3,(H,29,30)(H2,21,24,25)/b11-4+. The number of H-pyrrole nitrogens is 1. The molecule has 0 fully saturated rings. The van der Waals surface area contributed by atoms with Crippen LogP contribution in [0.4, 0.5) is 11.8 Å². The minimum Gasteiger partial charge on any atom is -0.478 e. The number of hydrogen-bond donors (Lipinski definition) is 3. The summed E-state index contributed by atoms with van der Waals surface area (Å²) in [6.45, 7) is 3.78. The van der Waals surface area contributed by atoms with Gasteiger partial charge in [0.05, 0.1) is 29.4 Å². The minimum atomic E-state index is -1.06. The van der Waals surface area contributed by atoms with Gasteiger partial charge in [-0.2, -0.15) is 10.1 Å². The molecule has 1 amide bonds. The number of carboxylic acid groups (broad SMARTS) is 1. The first-order chi connectivity index (χ1) is 14.2. The lowest BCUT2D eigenvalue weighted by Crippen LogP contribution is -2.26. The van der Waals surface area contributed by atoms with Crippen LogP contribution in [-0.2, 0) is 18.4 Å². The molecule has 0 bridgehead atoms. The third-order valence-corrected chi connectivity index (χ3v) is 5.50. The van der Waals surface area contributed by atoms with E-state index in [1.807, 2.05) is 14.0 Å². The number of fused-ring (bicyclic) bond motifs is 1. The summed E-state index contributed by atoms with van der Waals surface area (Å²) in [6, 6.07) is 0. The molecule has 0 spiro atoms. The number of amides is 1. The monoisotopic (exact) mass is 427 g/mol. The molecule has 3 aromatic rings. The molecule has 0 aromatic carbocycles. The molecule has 0 aliphatic carbocycles. The summed E-state index contributed by atoms with van der Waals surface area (Å²) in [4.78, 5) is 37.3. The Morgan fingerprint density at radius 1 is 1.37 bits per heavy atom. The van der Waals surface area contributed by atoms with Crippen molar-refractivity contribution in [2.24, 2.45) is 7.05 Å². The first kappa shape index (κ1) is 19.6. The molecule has 1 aliphatic rings. The predicted octanol–water partition coefficient (Wildman–Crippen LogP) is 2.18. The van der Waals surface area contributed by atoms with E-state index in [2.05, 4.69) is 20.1 Å². The Morgan fingerprint density at radius 2 is 2.10 bits per heavy atom. The van der Waals surface area contributed by atoms with Crippen molar-refractivity contribution in [3.63, 3.8) is 0 Å². The van der Waals surface area contributed by atoms with Gasteiger partial charge in [0.15, 0.2) is 5.82 Å². The second-order valence-corrected chi connectivity index (χ2v) is 7.30. The molecule has 154 valence electrons. The number of halogens is 1. The number of aromatic carboxylic acids is 1. The summed E-state index contributed by atoms with van der Waals surface area (Å²) in [7, 11) is 1.81. The van der Waals surface area contributed by atoms with Gasteiger partial charge in [0, 0.05) is 30.2 Å². The Balaban J connectivity index is 1.85. The van der Waals surface area contributed by atoms with E-state index < -0.39 is 5.97 Å². The highest BCUT2D eigenvalue weighted by Gasteiger charge is 2.37. The fourth-order valence-corrected chi connectivity index (χ4v) is 3.66. The average Bonchev–Trinajstić information content (AvgIpc) is 3.28. The molecule has 30 heavy (non-hydrogen) atoms. The second kappa shape index (κ2) is 6.99. The Bertz CT molecular complexity index is 1240. The van der Waals surface area contributed by atoms with Gasteiger partial charge < -0.3 is 15.8 Å². The van der Waals surface area contributed by atoms with Crippen LogP contribution in [0.15, 0.2) is 12.4 Å². The topological polar surface area (TPSA) is 143 Å². The van der Waals surface area contributed by atoms with Crippen molar-refractivity contribution in [2.75, 3.05) is 10.6 Å². The number of anilines is 2. The first-order valence-corrected chi connectivity index (χ1v) is 9.32. The van der Waals surface area contributed by atoms with Crippen LogP contribution in [0.1, 0.15) is 38.4 Å². The fraction of sp³-hybridized carbons (Fsp3) is 0.211. The molecule has 0 unspecified atom stereocenters. The third-order valence-electron chi connectivity index (χ3n) is 5.23. The van der Waals surface area contributed by atoms with Gasteiger partial charge in [-0.3, -0.25) is 14.4 Å². The molecule has 0 radical (unpaired) electrons. The Labute approximate surface area is 176 Å². The van der Waals surface area contributed by atoms with E-state index >= 15 is 0 Å². The highest BCUT2D eigenvalue weighted by atomic mass is 35.5. The smallest absolute Gasteiger partial charge is 0.337 e. The van der Waals surface area contributed by atoms with E-state index in [0.29, 0.717) is 22.6 Å². The van der Waals surface area contributed by atoms with Gasteiger partial charge in [0.25, 0.3) is 5.91 Å². The van der Waals surface area contributed by atoms with E-state index in [1.165, 1.54) is 11.1 Å². The maximum absolute atomic E-state index is 13.3. The highest BCUT2D eigenvalue weighted by Crippen LogP contribution is 2.41. The molecule has 3 aromatic heterocycles. The first-order valence-electron chi connectivity index (χ1n) is 8.94. The van der Waals surface area contributed by atoms with Gasteiger partial charge in [0.2, 0.25) is 5.95 Å². The Hall–Kier alpha value is -3.66. The van der Waals surface area contributed by atoms with Gasteiger partial charge in [-0.05, 0) is 25.5 Å². The number of carbonyl (C=O) groups is 2. The van der Waals surface area contributed by atoms with Crippen LogP contribution >= 0.6 is 11.6 Å². The van der Waals surface area contributed by atoms with E-state index in [4.69, 9.17) is 17.3 Å². The molecule has 10 nitrogen and oxygen atoms in total. The number of nitrogens with two attached hydrogens (primary N) is 1. The van der Waals surface area contributed by atoms with Crippen molar-refractivity contribution in [3.05, 3.63) is 51.2 Å². The summed E-state index contributed by atoms with van der Waals surface area (Å²) in [5.74, 6) is -1.16. The lowest BCUT2D eigenvalue weighted by atomic mass is 10.1. The predicted molar refractivity (Wildman–Crippen MR) is 111 cm³/mol. The maximum Gasteiger partial charge on any atom is 0.337 e. The summed E-state index contributed by atoms with van der Waals surface area (Å²) in [5, 5.41) is 13.5. The number of aryl methyl sites for hydroxylation is 1. The summed E-state index contributed by atoms with van der Waals surface area (Å²) >= 11 is 6.33. The van der Waals surface area contributed by atoms with Crippen LogP contribution in [0.2, 0.25) is 5.15 Å². The second-order valence-electron chi connectivity index (χ2n) is 6.95. The lowest BCUT2D eigenvalue weighted by molar-refractivity contribution is -0.113. The van der Waals surface area contributed by atoms with E-state index in [0.717, 1.165) is 11.3 Å². The minimum absolute atomic E-state index is 0.0465. The number of rotatable bonds is 4. The van der Waals surface area contributed by atoms with Crippen molar-refractivity contribution in [3.8, 4) is 0 Å². The summed E-state index contributed by atoms with van der Waals surface area (Å²) in [5.41, 5.74) is 9.22. The van der Waals surface area contributed by atoms with Crippen LogP contribution in [-0.4, -0.2) is 41.7 Å². The van der Waals surface area contributed by atoms with Crippen molar-refractivity contribution in [2.45, 2.75) is 20.4 Å². The van der Waals surface area contributed by atoms with E-state index in [1.54, 1.807) is 23.9 Å². The number of aromatic nitrogens is 5. The molecule has 0 atom stereocenters. The van der Waals surface area contributed by atoms with Crippen LogP contribution < -0.4 is 10.6 Å². The zero-order valence-corrected chi connectivity index (χ0v) is 17.2. The molecule has 11 heteroatoms. The number of carboxylic acids is 1. The zero-order valence-electron chi connectivity index (χ0n) is 16.4. The van der Waals surface area contributed by atoms with Crippen molar-refractivity contribution in [1.82, 2.24) is 24.7 Å². The number of nitrogens with one attached hydrogen (secondary N) is 1. The number of nitrogens with zero attached hydrogens (tertiary/aromatic N) is 5. The van der Waals surface area contributed by atoms with Gasteiger partial charge in [0.1, 0.15) is 5.15 Å². The Kier molecular flexibility index (Phi) is 4.58. The van der Waals surface area contributed by atoms with Crippen molar-refractivity contribution in [1.29, 1.82) is 0 Å². The molecule has 4 heterocycles. The summed E-state index contributed by atoms with van der Waals surface area (Å²) < 4.78 is 1.71. The number of aromatic amines is 1. The van der Waals surface area contributed by atoms with Gasteiger partial charge in [-0.25, -0.2) is 9.78 Å². The largest absolute Gasteiger partial charge is 0.478 e. The summed E-state index contributed by atoms with van der Waals surface area (Å²) in [6.07, 6.45) is 4.62. The quantitative estimate of drug-likeness (QED) is 0.427. The molecular formula is C19H18ClN7O3. The average molecular weight is 428 g/mol. The molecule has 0 saturated heterocycles. The number of carbonyl (C=O) groups excluding carboxylic acids is 1. The van der Waals surface area contributed by atoms with Crippen LogP contribution in [0.25, 0.3) is 11.6 Å². The third kappa shape index (κ3) is 3.01. The normalized spacial score (nSPS) is 14.6. The zero-order chi connectivity index (χ0) is 21.7. The van der Waals surface area contributed by atoms with Crippen molar-refractivity contribution < 1.29 is 14.7 Å². The number of nitrogen functional groups attached to an aromatic ring is 1.